The van der Waals surface area contributed by atoms with Gasteiger partial charge >= 0.3 is 0 Å². The van der Waals surface area contributed by atoms with Gasteiger partial charge in [-0.25, -0.2) is 4.98 Å². The Kier molecular flexibility index (Phi) is 6.28. The Bertz CT molecular complexity index is 2730. The summed E-state index contributed by atoms with van der Waals surface area (Å²) in [5.74, 6) is -0.342. The van der Waals surface area contributed by atoms with Gasteiger partial charge in [0.15, 0.2) is 0 Å². The number of fused-ring (bicyclic) bond motifs is 1. The molecule has 0 bridgehead atoms. The summed E-state index contributed by atoms with van der Waals surface area (Å²) in [6, 6.07) is 44.8. The first-order valence-corrected chi connectivity index (χ1v) is 16.5. The highest BCUT2D eigenvalue weighted by atomic mass is 16.3. The molecule has 0 amide bonds. The van der Waals surface area contributed by atoms with Gasteiger partial charge in [0.2, 0.25) is 0 Å². The normalized spacial score (nSPS) is 13.6. The van der Waals surface area contributed by atoms with Crippen LogP contribution in [0.25, 0.3) is 72.7 Å². The summed E-state index contributed by atoms with van der Waals surface area (Å²) in [6.45, 7) is -1.31. The molecule has 1 N–H and O–H groups in total. The van der Waals surface area contributed by atoms with E-state index in [0.29, 0.717) is 16.7 Å². The number of hydrogen-bond acceptors (Lipinski definition) is 3. The van der Waals surface area contributed by atoms with E-state index in [0.717, 1.165) is 56.3 Å². The summed E-state index contributed by atoms with van der Waals surface area (Å²) >= 11 is 0. The number of rotatable bonds is 6. The molecule has 0 radical (unpaired) electrons. The predicted octanol–water partition coefficient (Wildman–Crippen LogP) is 11.7. The number of benzene rings is 6. The highest BCUT2D eigenvalue weighted by Crippen LogP contribution is 2.41. The van der Waals surface area contributed by atoms with Gasteiger partial charge in [0.1, 0.15) is 11.6 Å². The molecule has 4 nitrogen and oxygen atoms in total. The Balaban J connectivity index is 1.39. The van der Waals surface area contributed by atoms with Crippen molar-refractivity contribution in [3.05, 3.63) is 168 Å². The van der Waals surface area contributed by atoms with E-state index in [1.54, 1.807) is 0 Å². The van der Waals surface area contributed by atoms with Crippen LogP contribution in [-0.2, 0) is 0 Å². The third-order valence-electron chi connectivity index (χ3n) is 9.12. The second-order valence-electron chi connectivity index (χ2n) is 12.7. The summed E-state index contributed by atoms with van der Waals surface area (Å²) in [5.41, 5.74) is 11.1. The molecule has 242 valence electrons. The van der Waals surface area contributed by atoms with E-state index >= 15 is 0 Å². The average Bonchev–Trinajstić information content (AvgIpc) is 3.57. The number of aromatic hydroxyl groups is 1. The molecule has 0 saturated heterocycles. The number of pyridine rings is 1. The van der Waals surface area contributed by atoms with Crippen LogP contribution in [-0.4, -0.2) is 19.6 Å². The molecule has 0 atom stereocenters. The first kappa shape index (κ1) is 24.8. The zero-order valence-electron chi connectivity index (χ0n) is 33.6. The van der Waals surface area contributed by atoms with Gasteiger partial charge in [-0.05, 0) is 121 Å². The lowest BCUT2D eigenvalue weighted by Gasteiger charge is -2.13. The Morgan fingerprint density at radius 1 is 0.560 bits per heavy atom. The third kappa shape index (κ3) is 5.75. The van der Waals surface area contributed by atoms with Gasteiger partial charge in [0.05, 0.1) is 22.3 Å². The quantitative estimate of drug-likeness (QED) is 0.194. The number of hydrogen-bond donors (Lipinski definition) is 1. The molecule has 8 rings (SSSR count). The molecule has 4 heteroatoms. The molecule has 2 aromatic heterocycles. The van der Waals surface area contributed by atoms with E-state index < -0.39 is 25.0 Å². The Morgan fingerprint density at radius 2 is 1.26 bits per heavy atom. The first-order valence-electron chi connectivity index (χ1n) is 19.5. The number of nitrogens with zero attached hydrogens (tertiary/aromatic N) is 3. The maximum atomic E-state index is 11.6. The molecular formula is C46H37N3O. The lowest BCUT2D eigenvalue weighted by atomic mass is 9.93. The lowest BCUT2D eigenvalue weighted by Crippen LogP contribution is -1.98. The largest absolute Gasteiger partial charge is 0.507 e. The van der Waals surface area contributed by atoms with Crippen molar-refractivity contribution < 1.29 is 13.3 Å². The molecule has 2 heterocycles. The molecule has 0 unspecified atom stereocenters. The maximum absolute atomic E-state index is 11.6. The van der Waals surface area contributed by atoms with E-state index in [1.165, 1.54) is 11.6 Å². The second-order valence-corrected chi connectivity index (χ2v) is 12.7. The molecule has 0 aliphatic rings. The number of aromatic nitrogens is 3. The third-order valence-corrected chi connectivity index (χ3v) is 9.12. The van der Waals surface area contributed by atoms with Gasteiger partial charge in [-0.3, -0.25) is 9.55 Å². The minimum Gasteiger partial charge on any atom is -0.507 e. The highest BCUT2D eigenvalue weighted by Gasteiger charge is 2.21. The zero-order chi connectivity index (χ0) is 39.4. The van der Waals surface area contributed by atoms with E-state index in [-0.39, 0.29) is 17.0 Å². The monoisotopic (exact) mass is 653 g/mol. The Labute approximate surface area is 301 Å². The number of para-hydroxylation sites is 2. The van der Waals surface area contributed by atoms with E-state index in [4.69, 9.17) is 18.2 Å². The standard InChI is InChI=1S/C46H37N3O/c1-29-13-17-33(18-14-29)35-21-22-47-42(28-35)38-26-36(34-19-15-30(2)16-20-34)25-37(27-38)40-11-8-12-43-44(40)48-46(49(43)39-9-6-5-7-10-39)41-24-31(3)23-32(4)45(41)50/h5-28,50H,1-4H3/i3D3,4D3. The summed E-state index contributed by atoms with van der Waals surface area (Å²) < 4.78 is 50.9. The van der Waals surface area contributed by atoms with Crippen LogP contribution in [0, 0.1) is 27.6 Å². The van der Waals surface area contributed by atoms with E-state index in [9.17, 15) is 5.11 Å². The molecule has 6 aromatic carbocycles. The Morgan fingerprint density at radius 3 is 1.98 bits per heavy atom. The highest BCUT2D eigenvalue weighted by molar-refractivity contribution is 5.97. The van der Waals surface area contributed by atoms with E-state index in [1.807, 2.05) is 65.4 Å². The van der Waals surface area contributed by atoms with Crippen LogP contribution in [0.2, 0.25) is 0 Å². The summed E-state index contributed by atoms with van der Waals surface area (Å²) in [5, 5.41) is 11.6. The number of aryl methyl sites for hydroxylation is 4. The zero-order valence-corrected chi connectivity index (χ0v) is 27.6. The molecule has 0 aliphatic heterocycles. The SMILES string of the molecule is [2H]C([2H])([2H])c1cc(-c2nc3c(-c4cc(-c5ccc(C)cc5)cc(-c5cc(-c6ccc(C)cc6)ccn5)c4)cccc3n2-c2ccccc2)c(O)c(C([2H])([2H])[2H])c1. The Hall–Kier alpha value is -6.26. The molecular weight excluding hydrogens is 611 g/mol. The molecule has 0 fully saturated rings. The van der Waals surface area contributed by atoms with Crippen LogP contribution >= 0.6 is 0 Å². The van der Waals surface area contributed by atoms with Gasteiger partial charge in [-0.15, -0.1) is 0 Å². The van der Waals surface area contributed by atoms with Crippen LogP contribution in [0.5, 0.6) is 5.75 Å². The van der Waals surface area contributed by atoms with Crippen molar-refractivity contribution in [1.82, 2.24) is 14.5 Å². The molecule has 0 aliphatic carbocycles. The van der Waals surface area contributed by atoms with Gasteiger partial charge in [0.25, 0.3) is 0 Å². The lowest BCUT2D eigenvalue weighted by molar-refractivity contribution is 0.472. The summed E-state index contributed by atoms with van der Waals surface area (Å²) in [7, 11) is 0. The predicted molar refractivity (Wildman–Crippen MR) is 207 cm³/mol. The fourth-order valence-corrected chi connectivity index (χ4v) is 6.51. The first-order chi connectivity index (χ1) is 26.7. The van der Waals surface area contributed by atoms with Crippen molar-refractivity contribution in [2.24, 2.45) is 0 Å². The number of phenols is 1. The summed E-state index contributed by atoms with van der Waals surface area (Å²) in [6.07, 6.45) is 1.82. The number of imidazole rings is 1. The van der Waals surface area contributed by atoms with Gasteiger partial charge in [-0.1, -0.05) is 96.1 Å². The van der Waals surface area contributed by atoms with Gasteiger partial charge in [-0.2, -0.15) is 0 Å². The smallest absolute Gasteiger partial charge is 0.149 e. The van der Waals surface area contributed by atoms with Crippen molar-refractivity contribution in [2.75, 3.05) is 0 Å². The van der Waals surface area contributed by atoms with Crippen LogP contribution < -0.4 is 0 Å². The maximum Gasteiger partial charge on any atom is 0.149 e. The average molecular weight is 654 g/mol. The van der Waals surface area contributed by atoms with E-state index in [2.05, 4.69) is 86.6 Å². The molecule has 0 spiro atoms. The van der Waals surface area contributed by atoms with Gasteiger partial charge in [0, 0.05) is 31.2 Å². The molecule has 0 saturated carbocycles. The van der Waals surface area contributed by atoms with Crippen LogP contribution in [0.1, 0.15) is 30.5 Å². The molecule has 8 aromatic rings. The van der Waals surface area contributed by atoms with Crippen molar-refractivity contribution in [2.45, 2.75) is 27.6 Å². The van der Waals surface area contributed by atoms with Crippen LogP contribution in [0.15, 0.2) is 146 Å². The van der Waals surface area contributed by atoms with Crippen LogP contribution in [0.3, 0.4) is 0 Å². The van der Waals surface area contributed by atoms with Crippen molar-refractivity contribution >= 4 is 11.0 Å². The topological polar surface area (TPSA) is 50.9 Å². The van der Waals surface area contributed by atoms with Crippen molar-refractivity contribution in [3.63, 3.8) is 0 Å². The minimum absolute atomic E-state index is 0.00182. The second kappa shape index (κ2) is 12.6. The summed E-state index contributed by atoms with van der Waals surface area (Å²) in [4.78, 5) is 9.96. The van der Waals surface area contributed by atoms with Crippen LogP contribution in [0.4, 0.5) is 0 Å². The minimum atomic E-state index is -2.79. The molecule has 50 heavy (non-hydrogen) atoms. The van der Waals surface area contributed by atoms with Crippen molar-refractivity contribution in [3.8, 4) is 67.5 Å². The van der Waals surface area contributed by atoms with Gasteiger partial charge < -0.3 is 5.11 Å². The number of phenolic OH excluding ortho intramolecular Hbond substituents is 1. The fraction of sp³-hybridized carbons (Fsp3) is 0.0870. The van der Waals surface area contributed by atoms with Crippen molar-refractivity contribution in [1.29, 1.82) is 0 Å². The fourth-order valence-electron chi connectivity index (χ4n) is 6.51.